The second-order valence-electron chi connectivity index (χ2n) is 6.15. The lowest BCUT2D eigenvalue weighted by Crippen LogP contribution is -2.51. The van der Waals surface area contributed by atoms with Crippen LogP contribution in [0, 0.1) is 5.92 Å². The monoisotopic (exact) mass is 341 g/mol. The van der Waals surface area contributed by atoms with Crippen LogP contribution in [0.5, 0.6) is 0 Å². The maximum atomic E-state index is 12.4. The van der Waals surface area contributed by atoms with Gasteiger partial charge in [-0.25, -0.2) is 4.79 Å². The Bertz CT molecular complexity index is 685. The van der Waals surface area contributed by atoms with E-state index < -0.39 is 24.0 Å². The first-order valence-corrected chi connectivity index (χ1v) is 8.23. The SMILES string of the molecule is CC(C)[C@H](O)[C@H](NC(=O)c1ccccc1)C(=O)OCc1ccccc1. The number of ether oxygens (including phenoxy) is 1. The Balaban J connectivity index is 2.06. The zero-order valence-corrected chi connectivity index (χ0v) is 14.4. The molecule has 25 heavy (non-hydrogen) atoms. The number of esters is 1. The molecule has 0 aliphatic rings. The van der Waals surface area contributed by atoms with E-state index in [1.807, 2.05) is 30.3 Å². The van der Waals surface area contributed by atoms with Crippen LogP contribution < -0.4 is 5.32 Å². The van der Waals surface area contributed by atoms with Gasteiger partial charge in [-0.15, -0.1) is 0 Å². The summed E-state index contributed by atoms with van der Waals surface area (Å²) in [7, 11) is 0. The molecule has 5 nitrogen and oxygen atoms in total. The van der Waals surface area contributed by atoms with Crippen LogP contribution in [0.1, 0.15) is 29.8 Å². The van der Waals surface area contributed by atoms with Crippen molar-refractivity contribution in [1.29, 1.82) is 0 Å². The number of hydrogen-bond acceptors (Lipinski definition) is 4. The molecule has 0 bridgehead atoms. The van der Waals surface area contributed by atoms with Gasteiger partial charge in [0.05, 0.1) is 6.10 Å². The lowest BCUT2D eigenvalue weighted by atomic mass is 9.99. The molecule has 0 saturated carbocycles. The van der Waals surface area contributed by atoms with Crippen molar-refractivity contribution in [3.63, 3.8) is 0 Å². The number of nitrogens with one attached hydrogen (secondary N) is 1. The number of carbonyl (C=O) groups is 2. The lowest BCUT2D eigenvalue weighted by Gasteiger charge is -2.25. The largest absolute Gasteiger partial charge is 0.459 e. The predicted molar refractivity (Wildman–Crippen MR) is 94.8 cm³/mol. The first-order valence-electron chi connectivity index (χ1n) is 8.23. The Morgan fingerprint density at radius 3 is 2.12 bits per heavy atom. The summed E-state index contributed by atoms with van der Waals surface area (Å²) in [5.74, 6) is -1.30. The third-order valence-electron chi connectivity index (χ3n) is 3.82. The molecule has 2 N–H and O–H groups in total. The molecule has 2 rings (SSSR count). The molecule has 0 fully saturated rings. The summed E-state index contributed by atoms with van der Waals surface area (Å²) in [5, 5.41) is 12.9. The maximum Gasteiger partial charge on any atom is 0.331 e. The second kappa shape index (κ2) is 8.99. The van der Waals surface area contributed by atoms with Crippen LogP contribution >= 0.6 is 0 Å². The highest BCUT2D eigenvalue weighted by Gasteiger charge is 2.32. The van der Waals surface area contributed by atoms with E-state index in [0.717, 1.165) is 5.56 Å². The van der Waals surface area contributed by atoms with Crippen LogP contribution in [0.4, 0.5) is 0 Å². The standard InChI is InChI=1S/C20H23NO4/c1-14(2)18(22)17(21-19(23)16-11-7-4-8-12-16)20(24)25-13-15-9-5-3-6-10-15/h3-12,14,17-18,22H,13H2,1-2H3,(H,21,23)/t17-,18-/m0/s1. The third kappa shape index (κ3) is 5.43. The van der Waals surface area contributed by atoms with Gasteiger partial charge in [0.2, 0.25) is 0 Å². The number of amides is 1. The van der Waals surface area contributed by atoms with Crippen molar-refractivity contribution in [3.05, 3.63) is 71.8 Å². The first-order chi connectivity index (χ1) is 12.0. The number of aliphatic hydroxyl groups is 1. The van der Waals surface area contributed by atoms with E-state index in [2.05, 4.69) is 5.32 Å². The Labute approximate surface area is 147 Å². The van der Waals surface area contributed by atoms with Crippen LogP contribution in [0.15, 0.2) is 60.7 Å². The van der Waals surface area contributed by atoms with E-state index in [4.69, 9.17) is 4.74 Å². The summed E-state index contributed by atoms with van der Waals surface area (Å²) in [6.07, 6.45) is -1.05. The molecule has 0 unspecified atom stereocenters. The Hall–Kier alpha value is -2.66. The van der Waals surface area contributed by atoms with Gasteiger partial charge in [-0.3, -0.25) is 4.79 Å². The van der Waals surface area contributed by atoms with Gasteiger partial charge in [-0.05, 0) is 23.6 Å². The molecule has 2 atom stereocenters. The summed E-state index contributed by atoms with van der Waals surface area (Å²) in [4.78, 5) is 24.8. The van der Waals surface area contributed by atoms with Gasteiger partial charge in [-0.2, -0.15) is 0 Å². The number of hydrogen-bond donors (Lipinski definition) is 2. The van der Waals surface area contributed by atoms with E-state index in [0.29, 0.717) is 5.56 Å². The second-order valence-corrected chi connectivity index (χ2v) is 6.15. The first kappa shape index (κ1) is 18.7. The van der Waals surface area contributed by atoms with Gasteiger partial charge in [0.1, 0.15) is 6.61 Å². The molecule has 0 radical (unpaired) electrons. The Kier molecular flexibility index (Phi) is 6.71. The predicted octanol–water partition coefficient (Wildman–Crippen LogP) is 2.55. The minimum Gasteiger partial charge on any atom is -0.459 e. The minimum absolute atomic E-state index is 0.0855. The van der Waals surface area contributed by atoms with Crippen LogP contribution in [0.3, 0.4) is 0 Å². The van der Waals surface area contributed by atoms with Gasteiger partial charge in [0, 0.05) is 5.56 Å². The highest BCUT2D eigenvalue weighted by molar-refractivity contribution is 5.96. The fraction of sp³-hybridized carbons (Fsp3) is 0.300. The fourth-order valence-corrected chi connectivity index (χ4v) is 2.30. The highest BCUT2D eigenvalue weighted by atomic mass is 16.5. The van der Waals surface area contributed by atoms with Crippen LogP contribution in [0.2, 0.25) is 0 Å². The van der Waals surface area contributed by atoms with Gasteiger partial charge in [0.15, 0.2) is 6.04 Å². The van der Waals surface area contributed by atoms with Gasteiger partial charge in [-0.1, -0.05) is 62.4 Å². The summed E-state index contributed by atoms with van der Waals surface area (Å²) in [5.41, 5.74) is 1.25. The molecule has 1 amide bonds. The van der Waals surface area contributed by atoms with Crippen molar-refractivity contribution in [2.24, 2.45) is 5.92 Å². The van der Waals surface area contributed by atoms with Gasteiger partial charge in [0.25, 0.3) is 5.91 Å². The van der Waals surface area contributed by atoms with Crippen molar-refractivity contribution in [2.75, 3.05) is 0 Å². The molecule has 0 saturated heterocycles. The molecular weight excluding hydrogens is 318 g/mol. The summed E-state index contributed by atoms with van der Waals surface area (Å²) < 4.78 is 5.28. The van der Waals surface area contributed by atoms with E-state index in [9.17, 15) is 14.7 Å². The topological polar surface area (TPSA) is 75.6 Å². The summed E-state index contributed by atoms with van der Waals surface area (Å²) in [6, 6.07) is 16.7. The molecule has 0 aromatic heterocycles. The summed E-state index contributed by atoms with van der Waals surface area (Å²) >= 11 is 0. The highest BCUT2D eigenvalue weighted by Crippen LogP contribution is 2.11. The number of carbonyl (C=O) groups excluding carboxylic acids is 2. The van der Waals surface area contributed by atoms with Crippen molar-refractivity contribution < 1.29 is 19.4 Å². The van der Waals surface area contributed by atoms with E-state index in [1.165, 1.54) is 0 Å². The van der Waals surface area contributed by atoms with E-state index in [-0.39, 0.29) is 12.5 Å². The fourth-order valence-electron chi connectivity index (χ4n) is 2.30. The van der Waals surface area contributed by atoms with Gasteiger partial charge >= 0.3 is 5.97 Å². The van der Waals surface area contributed by atoms with Crippen LogP contribution in [-0.4, -0.2) is 29.1 Å². The number of benzene rings is 2. The molecule has 0 aliphatic heterocycles. The number of rotatable bonds is 7. The molecular formula is C20H23NO4. The molecule has 0 heterocycles. The van der Waals surface area contributed by atoms with Crippen molar-refractivity contribution in [3.8, 4) is 0 Å². The Morgan fingerprint density at radius 2 is 1.56 bits per heavy atom. The summed E-state index contributed by atoms with van der Waals surface area (Å²) in [6.45, 7) is 3.63. The maximum absolute atomic E-state index is 12.4. The molecule has 0 aliphatic carbocycles. The quantitative estimate of drug-likeness (QED) is 0.759. The minimum atomic E-state index is -1.13. The molecule has 2 aromatic rings. The van der Waals surface area contributed by atoms with E-state index >= 15 is 0 Å². The Morgan fingerprint density at radius 1 is 1.00 bits per heavy atom. The normalized spacial score (nSPS) is 13.1. The molecule has 132 valence electrons. The van der Waals surface area contributed by atoms with E-state index in [1.54, 1.807) is 44.2 Å². The lowest BCUT2D eigenvalue weighted by molar-refractivity contribution is -0.151. The zero-order chi connectivity index (χ0) is 18.2. The average Bonchev–Trinajstić information content (AvgIpc) is 2.64. The third-order valence-corrected chi connectivity index (χ3v) is 3.82. The van der Waals surface area contributed by atoms with Crippen LogP contribution in [-0.2, 0) is 16.1 Å². The van der Waals surface area contributed by atoms with Crippen molar-refractivity contribution >= 4 is 11.9 Å². The molecule has 5 heteroatoms. The van der Waals surface area contributed by atoms with Crippen molar-refractivity contribution in [1.82, 2.24) is 5.32 Å². The average molecular weight is 341 g/mol. The zero-order valence-electron chi connectivity index (χ0n) is 14.4. The van der Waals surface area contributed by atoms with Crippen molar-refractivity contribution in [2.45, 2.75) is 32.6 Å². The molecule has 0 spiro atoms. The number of aliphatic hydroxyl groups excluding tert-OH is 1. The smallest absolute Gasteiger partial charge is 0.331 e. The van der Waals surface area contributed by atoms with Crippen LogP contribution in [0.25, 0.3) is 0 Å². The molecule has 2 aromatic carbocycles. The van der Waals surface area contributed by atoms with Gasteiger partial charge < -0.3 is 15.2 Å².